The van der Waals surface area contributed by atoms with Gasteiger partial charge < -0.3 is 15.0 Å². The van der Waals surface area contributed by atoms with E-state index in [-0.39, 0.29) is 21.6 Å². The first kappa shape index (κ1) is 23.6. The molecule has 0 saturated carbocycles. The number of carbonyl (C=O) groups is 2. The lowest BCUT2D eigenvalue weighted by Crippen LogP contribution is -2.46. The highest BCUT2D eigenvalue weighted by atomic mass is 32.2. The Hall–Kier alpha value is -3.51. The molecule has 0 radical (unpaired) electrons. The first-order chi connectivity index (χ1) is 16.1. The van der Waals surface area contributed by atoms with Gasteiger partial charge in [-0.3, -0.25) is 10.1 Å². The van der Waals surface area contributed by atoms with Crippen molar-refractivity contribution in [2.24, 2.45) is 0 Å². The number of benzene rings is 1. The summed E-state index contributed by atoms with van der Waals surface area (Å²) in [5.74, 6) is 0.565. The number of urea groups is 1. The Labute approximate surface area is 200 Å². The van der Waals surface area contributed by atoms with Gasteiger partial charge in [0.1, 0.15) is 15.5 Å². The zero-order chi connectivity index (χ0) is 24.5. The molecule has 2 aromatic heterocycles. The monoisotopic (exact) mass is 501 g/mol. The van der Waals surface area contributed by atoms with Crippen LogP contribution in [0.3, 0.4) is 0 Å². The highest BCUT2D eigenvalue weighted by Gasteiger charge is 2.45. The van der Waals surface area contributed by atoms with Gasteiger partial charge in [0.25, 0.3) is 5.91 Å². The number of thiophene rings is 1. The van der Waals surface area contributed by atoms with Crippen LogP contribution in [0, 0.1) is 0 Å². The standard InChI is InChI=1S/C22H23N5O5S2/c1-22(2)19(28)26-21(29)27(22)13-12-24-20-23-11-10-16(25-20)17-8-9-18(33-17)34(30,31)15-6-4-14(32-3)5-7-15/h4-11H,12-13H2,1-3H3,(H,23,24,25)(H,26,28,29). The van der Waals surface area contributed by atoms with E-state index in [1.807, 2.05) is 0 Å². The summed E-state index contributed by atoms with van der Waals surface area (Å²) >= 11 is 1.12. The van der Waals surface area contributed by atoms with Crippen molar-refractivity contribution in [3.05, 3.63) is 48.7 Å². The molecular weight excluding hydrogens is 478 g/mol. The average Bonchev–Trinajstić information content (AvgIpc) is 3.39. The van der Waals surface area contributed by atoms with Gasteiger partial charge in [0, 0.05) is 19.3 Å². The number of nitrogens with zero attached hydrogens (tertiary/aromatic N) is 3. The molecule has 0 bridgehead atoms. The van der Waals surface area contributed by atoms with E-state index >= 15 is 0 Å². The van der Waals surface area contributed by atoms with E-state index in [4.69, 9.17) is 4.74 Å². The molecule has 12 heteroatoms. The third-order valence-electron chi connectivity index (χ3n) is 5.44. The van der Waals surface area contributed by atoms with Crippen molar-refractivity contribution in [2.75, 3.05) is 25.5 Å². The first-order valence-electron chi connectivity index (χ1n) is 10.3. The first-order valence-corrected chi connectivity index (χ1v) is 12.6. The number of sulfone groups is 1. The number of rotatable bonds is 8. The number of amides is 3. The number of methoxy groups -OCH3 is 1. The van der Waals surface area contributed by atoms with Gasteiger partial charge in [-0.05, 0) is 56.3 Å². The van der Waals surface area contributed by atoms with E-state index < -0.39 is 21.4 Å². The highest BCUT2D eigenvalue weighted by molar-refractivity contribution is 7.93. The van der Waals surface area contributed by atoms with E-state index in [0.717, 1.165) is 11.3 Å². The summed E-state index contributed by atoms with van der Waals surface area (Å²) in [5, 5.41) is 5.35. The van der Waals surface area contributed by atoms with Crippen LogP contribution in [0.15, 0.2) is 57.8 Å². The number of aromatic nitrogens is 2. The molecular formula is C22H23N5O5S2. The van der Waals surface area contributed by atoms with Crippen LogP contribution < -0.4 is 15.4 Å². The maximum Gasteiger partial charge on any atom is 0.325 e. The molecule has 0 spiro atoms. The summed E-state index contributed by atoms with van der Waals surface area (Å²) in [4.78, 5) is 34.8. The van der Waals surface area contributed by atoms with Gasteiger partial charge in [0.2, 0.25) is 15.8 Å². The van der Waals surface area contributed by atoms with Crippen molar-refractivity contribution in [1.82, 2.24) is 20.2 Å². The number of anilines is 1. The summed E-state index contributed by atoms with van der Waals surface area (Å²) < 4.78 is 31.2. The fourth-order valence-electron chi connectivity index (χ4n) is 3.41. The van der Waals surface area contributed by atoms with E-state index in [0.29, 0.717) is 28.8 Å². The quantitative estimate of drug-likeness (QED) is 0.451. The molecule has 1 aromatic carbocycles. The molecule has 2 N–H and O–H groups in total. The third-order valence-corrected chi connectivity index (χ3v) is 8.81. The molecule has 34 heavy (non-hydrogen) atoms. The van der Waals surface area contributed by atoms with Crippen molar-refractivity contribution < 1.29 is 22.7 Å². The van der Waals surface area contributed by atoms with Crippen molar-refractivity contribution in [1.29, 1.82) is 0 Å². The van der Waals surface area contributed by atoms with Crippen LogP contribution in [0.5, 0.6) is 5.75 Å². The maximum absolute atomic E-state index is 13.0. The summed E-state index contributed by atoms with van der Waals surface area (Å²) in [7, 11) is -2.15. The van der Waals surface area contributed by atoms with Crippen LogP contribution in [-0.2, 0) is 14.6 Å². The molecule has 3 amide bonds. The average molecular weight is 502 g/mol. The lowest BCUT2D eigenvalue weighted by Gasteiger charge is -2.27. The Morgan fingerprint density at radius 3 is 2.50 bits per heavy atom. The second-order valence-corrected chi connectivity index (χ2v) is 11.2. The Morgan fingerprint density at radius 2 is 1.85 bits per heavy atom. The molecule has 0 aliphatic carbocycles. The molecule has 1 aliphatic heterocycles. The van der Waals surface area contributed by atoms with Crippen LogP contribution in [0.25, 0.3) is 10.6 Å². The van der Waals surface area contributed by atoms with Gasteiger partial charge in [-0.25, -0.2) is 23.2 Å². The zero-order valence-electron chi connectivity index (χ0n) is 18.7. The van der Waals surface area contributed by atoms with Crippen LogP contribution in [0.2, 0.25) is 0 Å². The minimum absolute atomic E-state index is 0.180. The van der Waals surface area contributed by atoms with Crippen LogP contribution in [0.4, 0.5) is 10.7 Å². The van der Waals surface area contributed by atoms with Gasteiger partial charge in [-0.1, -0.05) is 0 Å². The largest absolute Gasteiger partial charge is 0.497 e. The van der Waals surface area contributed by atoms with E-state index in [2.05, 4.69) is 20.6 Å². The van der Waals surface area contributed by atoms with E-state index in [1.54, 1.807) is 50.4 Å². The summed E-state index contributed by atoms with van der Waals surface area (Å²) in [6.45, 7) is 3.97. The highest BCUT2D eigenvalue weighted by Crippen LogP contribution is 2.33. The zero-order valence-corrected chi connectivity index (χ0v) is 20.4. The van der Waals surface area contributed by atoms with Crippen molar-refractivity contribution in [2.45, 2.75) is 28.5 Å². The normalized spacial score (nSPS) is 15.3. The van der Waals surface area contributed by atoms with Crippen LogP contribution >= 0.6 is 11.3 Å². The Bertz CT molecular complexity index is 1340. The molecule has 4 rings (SSSR count). The van der Waals surface area contributed by atoms with Gasteiger partial charge in [-0.15, -0.1) is 11.3 Å². The number of imide groups is 1. The number of carbonyl (C=O) groups excluding carboxylic acids is 2. The molecule has 1 fully saturated rings. The Balaban J connectivity index is 1.46. The fourth-order valence-corrected chi connectivity index (χ4v) is 6.09. The van der Waals surface area contributed by atoms with E-state index in [1.165, 1.54) is 24.1 Å². The van der Waals surface area contributed by atoms with Crippen LogP contribution in [-0.4, -0.2) is 61.0 Å². The number of nitrogens with one attached hydrogen (secondary N) is 2. The van der Waals surface area contributed by atoms with E-state index in [9.17, 15) is 18.0 Å². The number of hydrogen-bond acceptors (Lipinski definition) is 9. The predicted molar refractivity (Wildman–Crippen MR) is 127 cm³/mol. The second kappa shape index (κ2) is 9.03. The molecule has 178 valence electrons. The smallest absolute Gasteiger partial charge is 0.325 e. The van der Waals surface area contributed by atoms with Crippen molar-refractivity contribution >= 4 is 39.1 Å². The Kier molecular flexibility index (Phi) is 6.28. The number of hydrogen-bond donors (Lipinski definition) is 2. The maximum atomic E-state index is 13.0. The lowest BCUT2D eigenvalue weighted by atomic mass is 10.0. The SMILES string of the molecule is COc1ccc(S(=O)(=O)c2ccc(-c3ccnc(NCCN4C(=O)NC(=O)C4(C)C)n3)s2)cc1. The molecule has 0 unspecified atom stereocenters. The van der Waals surface area contributed by atoms with Gasteiger partial charge >= 0.3 is 6.03 Å². The van der Waals surface area contributed by atoms with Crippen molar-refractivity contribution in [3.8, 4) is 16.3 Å². The summed E-state index contributed by atoms with van der Waals surface area (Å²) in [6, 6.07) is 10.7. The molecule has 3 heterocycles. The molecule has 1 aliphatic rings. The van der Waals surface area contributed by atoms with Crippen molar-refractivity contribution in [3.63, 3.8) is 0 Å². The summed E-state index contributed by atoms with van der Waals surface area (Å²) in [6.07, 6.45) is 1.57. The molecule has 10 nitrogen and oxygen atoms in total. The number of ether oxygens (including phenoxy) is 1. The van der Waals surface area contributed by atoms with Crippen LogP contribution in [0.1, 0.15) is 13.8 Å². The fraction of sp³-hybridized carbons (Fsp3) is 0.273. The van der Waals surface area contributed by atoms with Gasteiger partial charge in [0.15, 0.2) is 0 Å². The predicted octanol–water partition coefficient (Wildman–Crippen LogP) is 2.79. The molecule has 3 aromatic rings. The minimum Gasteiger partial charge on any atom is -0.497 e. The second-order valence-electron chi connectivity index (χ2n) is 7.96. The van der Waals surface area contributed by atoms with Gasteiger partial charge in [0.05, 0.1) is 22.6 Å². The topological polar surface area (TPSA) is 131 Å². The molecule has 1 saturated heterocycles. The third kappa shape index (κ3) is 4.46. The Morgan fingerprint density at radius 1 is 1.12 bits per heavy atom. The lowest BCUT2D eigenvalue weighted by molar-refractivity contribution is -0.125. The summed E-state index contributed by atoms with van der Waals surface area (Å²) in [5.41, 5.74) is -0.363. The molecule has 0 atom stereocenters. The van der Waals surface area contributed by atoms with Gasteiger partial charge in [-0.2, -0.15) is 0 Å². The minimum atomic E-state index is -3.67.